The Morgan fingerprint density at radius 3 is 2.68 bits per heavy atom. The number of fused-ring (bicyclic) bond motifs is 2. The number of nitrogens with zero attached hydrogens (tertiary/aromatic N) is 1. The van der Waals surface area contributed by atoms with E-state index in [1.165, 1.54) is 0 Å². The summed E-state index contributed by atoms with van der Waals surface area (Å²) in [5, 5.41) is 0.484. The van der Waals surface area contributed by atoms with Gasteiger partial charge in [0.15, 0.2) is 5.76 Å². The minimum atomic E-state index is -3.80. The molecule has 5 rings (SSSR count). The smallest absolute Gasteiger partial charge is 0.265 e. The predicted molar refractivity (Wildman–Crippen MR) is 142 cm³/mol. The predicted octanol–water partition coefficient (Wildman–Crippen LogP) is 4.95. The molecule has 37 heavy (non-hydrogen) atoms. The van der Waals surface area contributed by atoms with E-state index in [-0.39, 0.29) is 11.7 Å². The fraction of sp³-hybridized carbons (Fsp3) is 0.429. The summed E-state index contributed by atoms with van der Waals surface area (Å²) in [7, 11) is -3.80. The van der Waals surface area contributed by atoms with E-state index in [1.54, 1.807) is 6.07 Å². The van der Waals surface area contributed by atoms with Crippen molar-refractivity contribution in [3.63, 3.8) is 0 Å². The van der Waals surface area contributed by atoms with Crippen LogP contribution in [0.5, 0.6) is 5.75 Å². The number of carbonyl (C=O) groups is 1. The molecule has 2 aliphatic rings. The molecule has 3 aromatic rings. The third kappa shape index (κ3) is 5.15. The number of nitrogens with one attached hydrogen (secondary N) is 1. The molecule has 0 saturated carbocycles. The third-order valence-corrected chi connectivity index (χ3v) is 7.81. The zero-order valence-corrected chi connectivity index (χ0v) is 22.4. The average Bonchev–Trinajstić information content (AvgIpc) is 3.21. The number of carbonyl (C=O) groups excluding carboxylic acids is 1. The maximum Gasteiger partial charge on any atom is 0.265 e. The van der Waals surface area contributed by atoms with Crippen LogP contribution in [-0.2, 0) is 21.2 Å². The number of pyridine rings is 1. The molecule has 1 aliphatic heterocycles. The number of hydrogen-bond acceptors (Lipinski definition) is 7. The first-order valence-corrected chi connectivity index (χ1v) is 14.5. The van der Waals surface area contributed by atoms with Crippen LogP contribution in [0.25, 0.3) is 28.4 Å². The van der Waals surface area contributed by atoms with Crippen LogP contribution in [0.1, 0.15) is 59.0 Å². The fourth-order valence-electron chi connectivity index (χ4n) is 5.22. The molecule has 196 valence electrons. The minimum absolute atomic E-state index is 0.119. The van der Waals surface area contributed by atoms with Crippen LogP contribution in [0.4, 0.5) is 0 Å². The van der Waals surface area contributed by atoms with E-state index in [2.05, 4.69) is 10.8 Å². The van der Waals surface area contributed by atoms with Crippen LogP contribution < -0.4 is 9.46 Å². The monoisotopic (exact) mass is 524 g/mol. The first-order chi connectivity index (χ1) is 17.6. The molecule has 1 N–H and O–H groups in total. The number of furan rings is 1. The summed E-state index contributed by atoms with van der Waals surface area (Å²) in [5.74, 6) is 1.45. The van der Waals surface area contributed by atoms with Crippen molar-refractivity contribution in [3.8, 4) is 17.2 Å². The normalized spacial score (nSPS) is 17.0. The largest absolute Gasteiger partial charge is 0.490 e. The van der Waals surface area contributed by atoms with Gasteiger partial charge >= 0.3 is 0 Å². The zero-order chi connectivity index (χ0) is 26.3. The van der Waals surface area contributed by atoms with Crippen molar-refractivity contribution >= 4 is 32.9 Å². The molecular formula is C28H32N2O6S. The average molecular weight is 525 g/mol. The Balaban J connectivity index is 1.67. The number of hydrogen-bond donors (Lipinski definition) is 1. The van der Waals surface area contributed by atoms with E-state index in [0.717, 1.165) is 54.4 Å². The van der Waals surface area contributed by atoms with E-state index in [4.69, 9.17) is 18.9 Å². The van der Waals surface area contributed by atoms with Gasteiger partial charge in [-0.2, -0.15) is 0 Å². The van der Waals surface area contributed by atoms with Crippen molar-refractivity contribution in [3.05, 3.63) is 52.3 Å². The molecular weight excluding hydrogens is 492 g/mol. The lowest BCUT2D eigenvalue weighted by atomic mass is 9.94. The third-order valence-electron chi connectivity index (χ3n) is 7.26. The fourth-order valence-corrected chi connectivity index (χ4v) is 5.67. The van der Waals surface area contributed by atoms with Crippen LogP contribution in [0.3, 0.4) is 0 Å². The zero-order valence-electron chi connectivity index (χ0n) is 21.6. The van der Waals surface area contributed by atoms with Gasteiger partial charge in [-0.1, -0.05) is 12.1 Å². The number of sulfonamides is 1. The number of benzene rings is 1. The Morgan fingerprint density at radius 2 is 1.97 bits per heavy atom. The van der Waals surface area contributed by atoms with Crippen LogP contribution in [0.15, 0.2) is 28.7 Å². The quantitative estimate of drug-likeness (QED) is 0.486. The molecule has 2 aromatic heterocycles. The summed E-state index contributed by atoms with van der Waals surface area (Å²) in [4.78, 5) is 18.3. The van der Waals surface area contributed by atoms with Crippen molar-refractivity contribution < 1.29 is 27.1 Å². The highest BCUT2D eigenvalue weighted by Crippen LogP contribution is 2.38. The van der Waals surface area contributed by atoms with Gasteiger partial charge in [0.25, 0.3) is 5.91 Å². The molecule has 1 saturated heterocycles. The summed E-state index contributed by atoms with van der Waals surface area (Å²) in [6, 6.07) is 5.34. The van der Waals surface area contributed by atoms with Crippen molar-refractivity contribution in [1.29, 1.82) is 0 Å². The topological polar surface area (TPSA) is 108 Å². The summed E-state index contributed by atoms with van der Waals surface area (Å²) in [6.45, 7) is 7.31. The van der Waals surface area contributed by atoms with E-state index < -0.39 is 15.9 Å². The van der Waals surface area contributed by atoms with Gasteiger partial charge in [-0.3, -0.25) is 4.79 Å². The number of rotatable bonds is 6. The second kappa shape index (κ2) is 9.95. The molecule has 1 aliphatic carbocycles. The van der Waals surface area contributed by atoms with Crippen molar-refractivity contribution in [2.75, 3.05) is 19.5 Å². The second-order valence-electron chi connectivity index (χ2n) is 9.98. The van der Waals surface area contributed by atoms with Crippen LogP contribution in [0, 0.1) is 19.8 Å². The van der Waals surface area contributed by atoms with Gasteiger partial charge in [-0.15, -0.1) is 0 Å². The van der Waals surface area contributed by atoms with E-state index in [1.807, 2.05) is 39.0 Å². The summed E-state index contributed by atoms with van der Waals surface area (Å²) in [6.07, 6.45) is 8.47. The highest BCUT2D eigenvalue weighted by molar-refractivity contribution is 7.89. The molecule has 1 fully saturated rings. The first-order valence-electron chi connectivity index (χ1n) is 12.6. The van der Waals surface area contributed by atoms with Gasteiger partial charge in [0.05, 0.1) is 28.8 Å². The minimum Gasteiger partial charge on any atom is -0.490 e. The van der Waals surface area contributed by atoms with Crippen molar-refractivity contribution in [1.82, 2.24) is 9.71 Å². The molecule has 0 radical (unpaired) electrons. The Bertz CT molecular complexity index is 1500. The molecule has 1 aromatic carbocycles. The number of ether oxygens (including phenoxy) is 2. The lowest BCUT2D eigenvalue weighted by Crippen LogP contribution is -2.30. The Morgan fingerprint density at radius 1 is 1.22 bits per heavy atom. The summed E-state index contributed by atoms with van der Waals surface area (Å²) >= 11 is 0. The molecule has 1 unspecified atom stereocenters. The van der Waals surface area contributed by atoms with Gasteiger partial charge in [-0.05, 0) is 76.1 Å². The standard InChI is InChI=1S/C28H32N2O6S/c1-16-9-10-24(35-18(3)19-11-13-34-14-12-19)25-21(28(31)30-37(4,32)33)15-22(29-26(16)25)27-17(2)20-7-5-6-8-23(20)36-27/h6,8-10,15,18-19H,5,7,11-14H2,1-4H3,(H,30,31). The van der Waals surface area contributed by atoms with Gasteiger partial charge in [-0.25, -0.2) is 18.1 Å². The van der Waals surface area contributed by atoms with Crippen LogP contribution in [0.2, 0.25) is 0 Å². The van der Waals surface area contributed by atoms with Gasteiger partial charge in [0.2, 0.25) is 10.0 Å². The SMILES string of the molecule is Cc1c(-c2cc(C(=O)NS(C)(=O)=O)c3c(OC(C)C4CCOCC4)ccc(C)c3n2)oc2c1CCC=C2. The first kappa shape index (κ1) is 25.5. The molecule has 1 amide bonds. The van der Waals surface area contributed by atoms with Gasteiger partial charge in [0, 0.05) is 24.3 Å². The molecule has 8 nitrogen and oxygen atoms in total. The molecule has 0 spiro atoms. The molecule has 3 heterocycles. The number of allylic oxidation sites excluding steroid dienone is 1. The van der Waals surface area contributed by atoms with Crippen LogP contribution >= 0.6 is 0 Å². The number of aryl methyl sites for hydroxylation is 1. The Labute approximate surface area is 217 Å². The Kier molecular flexibility index (Phi) is 6.85. The second-order valence-corrected chi connectivity index (χ2v) is 11.7. The molecule has 1 atom stereocenters. The van der Waals surface area contributed by atoms with E-state index >= 15 is 0 Å². The Hall–Kier alpha value is -3.17. The number of aromatic nitrogens is 1. The molecule has 0 bridgehead atoms. The highest BCUT2D eigenvalue weighted by atomic mass is 32.2. The van der Waals surface area contributed by atoms with E-state index in [9.17, 15) is 13.2 Å². The highest BCUT2D eigenvalue weighted by Gasteiger charge is 2.27. The lowest BCUT2D eigenvalue weighted by molar-refractivity contribution is 0.0243. The molecule has 9 heteroatoms. The summed E-state index contributed by atoms with van der Waals surface area (Å²) in [5.41, 5.74) is 4.15. The van der Waals surface area contributed by atoms with E-state index in [0.29, 0.717) is 47.2 Å². The maximum atomic E-state index is 13.4. The lowest BCUT2D eigenvalue weighted by Gasteiger charge is -2.29. The summed E-state index contributed by atoms with van der Waals surface area (Å²) < 4.78 is 44.2. The maximum absolute atomic E-state index is 13.4. The van der Waals surface area contributed by atoms with Gasteiger partial charge < -0.3 is 13.9 Å². The van der Waals surface area contributed by atoms with Crippen molar-refractivity contribution in [2.24, 2.45) is 5.92 Å². The van der Waals surface area contributed by atoms with Gasteiger partial charge in [0.1, 0.15) is 17.2 Å². The van der Waals surface area contributed by atoms with Crippen LogP contribution in [-0.4, -0.2) is 44.9 Å². The number of amides is 1. The van der Waals surface area contributed by atoms with Crippen molar-refractivity contribution in [2.45, 2.75) is 52.6 Å².